The fourth-order valence-electron chi connectivity index (χ4n) is 0.767. The summed E-state index contributed by atoms with van der Waals surface area (Å²) in [6.07, 6.45) is 1.26. The Kier molecular flexibility index (Phi) is 3.66. The number of rotatable bonds is 3. The van der Waals surface area contributed by atoms with Crippen LogP contribution in [0, 0.1) is 0 Å². The Morgan fingerprint density at radius 3 is 3.33 bits per heavy atom. The first-order chi connectivity index (χ1) is 5.83. The Balaban J connectivity index is 2.20. The Bertz CT molecular complexity index is 221. The molecule has 0 radical (unpaired) electrons. The lowest BCUT2D eigenvalue weighted by Crippen LogP contribution is -2.15. The average Bonchev–Trinajstić information content (AvgIpc) is 2.53. The van der Waals surface area contributed by atoms with Crippen molar-refractivity contribution in [1.82, 2.24) is 5.32 Å². The molecule has 1 aliphatic heterocycles. The van der Waals surface area contributed by atoms with Crippen LogP contribution in [-0.2, 0) is 0 Å². The van der Waals surface area contributed by atoms with Crippen LogP contribution < -0.4 is 11.1 Å². The maximum atomic E-state index is 5.11. The molecule has 0 unspecified atom stereocenters. The van der Waals surface area contributed by atoms with E-state index < -0.39 is 0 Å². The van der Waals surface area contributed by atoms with Crippen molar-refractivity contribution in [2.75, 3.05) is 18.8 Å². The fourth-order valence-corrected chi connectivity index (χ4v) is 1.53. The molecule has 0 aromatic carbocycles. The third kappa shape index (κ3) is 2.96. The number of nitrogens with zero attached hydrogens (tertiary/aromatic N) is 2. The van der Waals surface area contributed by atoms with E-state index in [9.17, 15) is 0 Å². The first-order valence-corrected chi connectivity index (χ1v) is 4.64. The van der Waals surface area contributed by atoms with E-state index in [2.05, 4.69) is 21.9 Å². The average molecular weight is 184 g/mol. The van der Waals surface area contributed by atoms with Gasteiger partial charge in [0.2, 0.25) is 0 Å². The van der Waals surface area contributed by atoms with Crippen molar-refractivity contribution in [2.45, 2.75) is 0 Å². The van der Waals surface area contributed by atoms with E-state index in [1.807, 2.05) is 0 Å². The standard InChI is InChI=1S/C7H12N4S/c1-6(11-5-8)4-12-7-9-2-3-10-7/h5H,1-4H2,(H2,8,11)(H,9,10). The molecule has 5 heteroatoms. The van der Waals surface area contributed by atoms with Gasteiger partial charge in [0.05, 0.1) is 12.9 Å². The molecule has 0 aromatic rings. The van der Waals surface area contributed by atoms with Gasteiger partial charge >= 0.3 is 0 Å². The summed E-state index contributed by atoms with van der Waals surface area (Å²) in [7, 11) is 0. The monoisotopic (exact) mass is 184 g/mol. The number of aliphatic imine (C=N–C) groups is 2. The van der Waals surface area contributed by atoms with Gasteiger partial charge in [0, 0.05) is 18.0 Å². The summed E-state index contributed by atoms with van der Waals surface area (Å²) < 4.78 is 0. The molecule has 0 fully saturated rings. The summed E-state index contributed by atoms with van der Waals surface area (Å²) in [6.45, 7) is 5.53. The van der Waals surface area contributed by atoms with Gasteiger partial charge in [-0.3, -0.25) is 4.99 Å². The van der Waals surface area contributed by atoms with Crippen molar-refractivity contribution < 1.29 is 0 Å². The van der Waals surface area contributed by atoms with Gasteiger partial charge in [0.15, 0.2) is 5.17 Å². The fraction of sp³-hybridized carbons (Fsp3) is 0.429. The lowest BCUT2D eigenvalue weighted by Gasteiger charge is -2.00. The highest BCUT2D eigenvalue weighted by atomic mass is 32.2. The highest BCUT2D eigenvalue weighted by molar-refractivity contribution is 8.14. The van der Waals surface area contributed by atoms with E-state index in [0.29, 0.717) is 0 Å². The maximum absolute atomic E-state index is 5.11. The Hall–Kier alpha value is -0.970. The molecule has 66 valence electrons. The summed E-state index contributed by atoms with van der Waals surface area (Å²) in [5.41, 5.74) is 5.87. The van der Waals surface area contributed by atoms with Crippen molar-refractivity contribution in [3.8, 4) is 0 Å². The van der Waals surface area contributed by atoms with Gasteiger partial charge in [-0.1, -0.05) is 18.3 Å². The van der Waals surface area contributed by atoms with Crippen molar-refractivity contribution in [3.63, 3.8) is 0 Å². The predicted molar refractivity (Wildman–Crippen MR) is 54.6 cm³/mol. The molecule has 0 atom stereocenters. The van der Waals surface area contributed by atoms with E-state index in [4.69, 9.17) is 5.73 Å². The second-order valence-electron chi connectivity index (χ2n) is 2.25. The molecule has 3 N–H and O–H groups in total. The van der Waals surface area contributed by atoms with Gasteiger partial charge in [0.1, 0.15) is 0 Å². The number of nitrogens with one attached hydrogen (secondary N) is 1. The molecule has 0 bridgehead atoms. The zero-order chi connectivity index (χ0) is 8.81. The highest BCUT2D eigenvalue weighted by Crippen LogP contribution is 2.09. The molecule has 0 spiro atoms. The topological polar surface area (TPSA) is 62.8 Å². The van der Waals surface area contributed by atoms with Crippen LogP contribution in [0.3, 0.4) is 0 Å². The molecule has 12 heavy (non-hydrogen) atoms. The lowest BCUT2D eigenvalue weighted by atomic mass is 10.6. The third-order valence-electron chi connectivity index (χ3n) is 1.28. The molecule has 0 aromatic heterocycles. The number of thioether (sulfide) groups is 1. The molecule has 4 nitrogen and oxygen atoms in total. The second-order valence-corrected chi connectivity index (χ2v) is 3.21. The van der Waals surface area contributed by atoms with Crippen LogP contribution in [0.4, 0.5) is 0 Å². The molecule has 0 amide bonds. The number of amidine groups is 1. The number of nitrogens with two attached hydrogens (primary N) is 1. The van der Waals surface area contributed by atoms with Gasteiger partial charge in [-0.2, -0.15) is 0 Å². The normalized spacial score (nSPS) is 16.2. The van der Waals surface area contributed by atoms with Crippen LogP contribution in [-0.4, -0.2) is 30.3 Å². The minimum atomic E-state index is 0.736. The van der Waals surface area contributed by atoms with E-state index in [-0.39, 0.29) is 0 Å². The van der Waals surface area contributed by atoms with Crippen molar-refractivity contribution in [2.24, 2.45) is 15.7 Å². The first-order valence-electron chi connectivity index (χ1n) is 3.66. The summed E-state index contributed by atoms with van der Waals surface area (Å²) in [4.78, 5) is 8.05. The summed E-state index contributed by atoms with van der Waals surface area (Å²) >= 11 is 1.60. The molecular formula is C7H12N4S. The second kappa shape index (κ2) is 4.82. The highest BCUT2D eigenvalue weighted by Gasteiger charge is 2.04. The SMILES string of the molecule is C=C(CSC1=NCCN1)N=CN. The van der Waals surface area contributed by atoms with Crippen LogP contribution in [0.1, 0.15) is 0 Å². The Morgan fingerprint density at radius 2 is 2.75 bits per heavy atom. The van der Waals surface area contributed by atoms with Crippen LogP contribution in [0.5, 0.6) is 0 Å². The van der Waals surface area contributed by atoms with Gasteiger partial charge in [-0.25, -0.2) is 4.99 Å². The smallest absolute Gasteiger partial charge is 0.157 e. The molecule has 1 aliphatic rings. The minimum Gasteiger partial charge on any atom is -0.390 e. The van der Waals surface area contributed by atoms with Crippen LogP contribution in [0.25, 0.3) is 0 Å². The summed E-state index contributed by atoms with van der Waals surface area (Å²) in [5, 5.41) is 4.12. The zero-order valence-electron chi connectivity index (χ0n) is 6.79. The molecule has 0 saturated carbocycles. The molecule has 0 aliphatic carbocycles. The summed E-state index contributed by atoms with van der Waals surface area (Å²) in [6, 6.07) is 0. The largest absolute Gasteiger partial charge is 0.390 e. The Morgan fingerprint density at radius 1 is 1.92 bits per heavy atom. The van der Waals surface area contributed by atoms with E-state index in [1.54, 1.807) is 11.8 Å². The number of hydrogen-bond donors (Lipinski definition) is 2. The first kappa shape index (κ1) is 9.12. The summed E-state index contributed by atoms with van der Waals surface area (Å²) in [5.74, 6) is 0.736. The van der Waals surface area contributed by atoms with Gasteiger partial charge in [0.25, 0.3) is 0 Å². The predicted octanol–water partition coefficient (Wildman–Crippen LogP) is 0.179. The van der Waals surface area contributed by atoms with E-state index in [1.165, 1.54) is 6.34 Å². The van der Waals surface area contributed by atoms with Crippen molar-refractivity contribution in [3.05, 3.63) is 12.3 Å². The molecule has 1 rings (SSSR count). The van der Waals surface area contributed by atoms with Crippen molar-refractivity contribution >= 4 is 23.3 Å². The molecule has 0 saturated heterocycles. The van der Waals surface area contributed by atoms with Crippen LogP contribution >= 0.6 is 11.8 Å². The van der Waals surface area contributed by atoms with Crippen LogP contribution in [0.15, 0.2) is 22.3 Å². The molecular weight excluding hydrogens is 172 g/mol. The molecule has 1 heterocycles. The minimum absolute atomic E-state index is 0.736. The third-order valence-corrected chi connectivity index (χ3v) is 2.30. The van der Waals surface area contributed by atoms with Gasteiger partial charge in [-0.15, -0.1) is 0 Å². The van der Waals surface area contributed by atoms with Crippen molar-refractivity contribution in [1.29, 1.82) is 0 Å². The Labute approximate surface area is 76.0 Å². The van der Waals surface area contributed by atoms with Gasteiger partial charge < -0.3 is 11.1 Å². The van der Waals surface area contributed by atoms with E-state index >= 15 is 0 Å². The van der Waals surface area contributed by atoms with E-state index in [0.717, 1.165) is 29.7 Å². The maximum Gasteiger partial charge on any atom is 0.157 e. The van der Waals surface area contributed by atoms with Crippen LogP contribution in [0.2, 0.25) is 0 Å². The zero-order valence-corrected chi connectivity index (χ0v) is 7.60. The quantitative estimate of drug-likeness (QED) is 0.486. The van der Waals surface area contributed by atoms with Gasteiger partial charge in [-0.05, 0) is 0 Å². The lowest BCUT2D eigenvalue weighted by molar-refractivity contribution is 0.963. The number of hydrogen-bond acceptors (Lipinski definition) is 4.